The first-order valence-electron chi connectivity index (χ1n) is 5.09. The second-order valence-corrected chi connectivity index (χ2v) is 4.11. The van der Waals surface area contributed by atoms with E-state index in [-0.39, 0.29) is 6.04 Å². The van der Waals surface area contributed by atoms with Gasteiger partial charge in [0.05, 0.1) is 12.4 Å². The van der Waals surface area contributed by atoms with Crippen molar-refractivity contribution < 1.29 is 0 Å². The molecule has 0 amide bonds. The standard InChI is InChI=1S/C11H10ClN5/c1-7(2)17-6-14-9-10(12)15-8(4-3-5-13)16-11(9)17/h3-4,6-7H,1-2H3/b4-3+. The van der Waals surface area contributed by atoms with Crippen LogP contribution in [0.2, 0.25) is 5.15 Å². The van der Waals surface area contributed by atoms with Crippen LogP contribution in [0.3, 0.4) is 0 Å². The van der Waals surface area contributed by atoms with E-state index in [2.05, 4.69) is 15.0 Å². The van der Waals surface area contributed by atoms with Crippen LogP contribution in [0.4, 0.5) is 0 Å². The molecule has 0 radical (unpaired) electrons. The molecule has 5 nitrogen and oxygen atoms in total. The molecule has 2 aromatic heterocycles. The number of fused-ring (bicyclic) bond motifs is 1. The first-order valence-corrected chi connectivity index (χ1v) is 5.47. The highest BCUT2D eigenvalue weighted by atomic mass is 35.5. The quantitative estimate of drug-likeness (QED) is 0.604. The van der Waals surface area contributed by atoms with Crippen LogP contribution in [0.15, 0.2) is 12.4 Å². The molecule has 2 rings (SSSR count). The molecule has 17 heavy (non-hydrogen) atoms. The molecule has 0 N–H and O–H groups in total. The van der Waals surface area contributed by atoms with Crippen molar-refractivity contribution in [1.29, 1.82) is 5.26 Å². The summed E-state index contributed by atoms with van der Waals surface area (Å²) >= 11 is 6.02. The van der Waals surface area contributed by atoms with Crippen LogP contribution in [-0.4, -0.2) is 19.5 Å². The van der Waals surface area contributed by atoms with Gasteiger partial charge in [0, 0.05) is 12.1 Å². The van der Waals surface area contributed by atoms with Crippen LogP contribution in [0, 0.1) is 11.3 Å². The van der Waals surface area contributed by atoms with Crippen LogP contribution in [0.5, 0.6) is 0 Å². The third-order valence-corrected chi connectivity index (χ3v) is 2.52. The Kier molecular flexibility index (Phi) is 3.07. The molecule has 0 spiro atoms. The van der Waals surface area contributed by atoms with Gasteiger partial charge in [-0.15, -0.1) is 0 Å². The van der Waals surface area contributed by atoms with Gasteiger partial charge < -0.3 is 4.57 Å². The average Bonchev–Trinajstić information content (AvgIpc) is 2.70. The number of aromatic nitrogens is 4. The zero-order valence-electron chi connectivity index (χ0n) is 9.42. The summed E-state index contributed by atoms with van der Waals surface area (Å²) in [7, 11) is 0. The number of nitriles is 1. The summed E-state index contributed by atoms with van der Waals surface area (Å²) in [4.78, 5) is 12.6. The minimum absolute atomic E-state index is 0.235. The van der Waals surface area contributed by atoms with E-state index in [0.717, 1.165) is 0 Å². The van der Waals surface area contributed by atoms with Crippen molar-refractivity contribution in [3.63, 3.8) is 0 Å². The number of allylic oxidation sites excluding steroid dienone is 1. The maximum Gasteiger partial charge on any atom is 0.165 e. The predicted octanol–water partition coefficient (Wildman–Crippen LogP) is 2.60. The van der Waals surface area contributed by atoms with Crippen molar-refractivity contribution in [3.8, 4) is 6.07 Å². The number of hydrogen-bond acceptors (Lipinski definition) is 4. The zero-order chi connectivity index (χ0) is 12.4. The van der Waals surface area contributed by atoms with E-state index in [1.54, 1.807) is 6.33 Å². The van der Waals surface area contributed by atoms with Gasteiger partial charge in [0.1, 0.15) is 5.52 Å². The van der Waals surface area contributed by atoms with E-state index in [4.69, 9.17) is 16.9 Å². The topological polar surface area (TPSA) is 67.4 Å². The highest BCUT2D eigenvalue weighted by Crippen LogP contribution is 2.21. The lowest BCUT2D eigenvalue weighted by atomic mass is 10.4. The molecule has 0 aliphatic carbocycles. The molecule has 2 aromatic rings. The van der Waals surface area contributed by atoms with Gasteiger partial charge in [-0.3, -0.25) is 0 Å². The summed E-state index contributed by atoms with van der Waals surface area (Å²) in [6, 6.07) is 2.12. The zero-order valence-corrected chi connectivity index (χ0v) is 10.2. The molecule has 86 valence electrons. The van der Waals surface area contributed by atoms with Crippen molar-refractivity contribution in [3.05, 3.63) is 23.4 Å². The molecule has 6 heteroatoms. The van der Waals surface area contributed by atoms with Crippen molar-refractivity contribution in [2.45, 2.75) is 19.9 Å². The van der Waals surface area contributed by atoms with Crippen molar-refractivity contribution in [2.75, 3.05) is 0 Å². The smallest absolute Gasteiger partial charge is 0.165 e. The fourth-order valence-electron chi connectivity index (χ4n) is 1.46. The molecule has 2 heterocycles. The first kappa shape index (κ1) is 11.6. The number of hydrogen-bond donors (Lipinski definition) is 0. The number of halogens is 1. The van der Waals surface area contributed by atoms with E-state index in [9.17, 15) is 0 Å². The van der Waals surface area contributed by atoms with Gasteiger partial charge in [0.15, 0.2) is 16.6 Å². The van der Waals surface area contributed by atoms with Crippen LogP contribution in [-0.2, 0) is 0 Å². The molecule has 0 aliphatic heterocycles. The Morgan fingerprint density at radius 2 is 2.24 bits per heavy atom. The second kappa shape index (κ2) is 4.52. The van der Waals surface area contributed by atoms with Crippen molar-refractivity contribution >= 4 is 28.8 Å². The third-order valence-electron chi connectivity index (χ3n) is 2.26. The monoisotopic (exact) mass is 247 g/mol. The van der Waals surface area contributed by atoms with Crippen LogP contribution in [0.25, 0.3) is 17.2 Å². The molecule has 0 saturated carbocycles. The third kappa shape index (κ3) is 2.12. The molecule has 0 fully saturated rings. The van der Waals surface area contributed by atoms with E-state index < -0.39 is 0 Å². The van der Waals surface area contributed by atoms with E-state index in [1.165, 1.54) is 12.2 Å². The van der Waals surface area contributed by atoms with Crippen LogP contribution in [0.1, 0.15) is 25.7 Å². The lowest BCUT2D eigenvalue weighted by molar-refractivity contribution is 0.612. The minimum atomic E-state index is 0.235. The maximum absolute atomic E-state index is 8.47. The van der Waals surface area contributed by atoms with Gasteiger partial charge in [-0.05, 0) is 19.9 Å². The lowest BCUT2D eigenvalue weighted by Crippen LogP contribution is -2.01. The number of imidazole rings is 1. The Bertz CT molecular complexity index is 621. The number of rotatable bonds is 2. The second-order valence-electron chi connectivity index (χ2n) is 3.75. The van der Waals surface area contributed by atoms with Crippen LogP contribution >= 0.6 is 11.6 Å². The van der Waals surface area contributed by atoms with E-state index in [0.29, 0.717) is 22.1 Å². The van der Waals surface area contributed by atoms with Gasteiger partial charge in [-0.25, -0.2) is 15.0 Å². The fraction of sp³-hybridized carbons (Fsp3) is 0.273. The Morgan fingerprint density at radius 3 is 2.88 bits per heavy atom. The molecular weight excluding hydrogens is 238 g/mol. The fourth-order valence-corrected chi connectivity index (χ4v) is 1.68. The molecule has 0 bridgehead atoms. The summed E-state index contributed by atoms with van der Waals surface area (Å²) in [6.07, 6.45) is 4.52. The Morgan fingerprint density at radius 1 is 1.47 bits per heavy atom. The summed E-state index contributed by atoms with van der Waals surface area (Å²) in [5, 5.41) is 8.77. The lowest BCUT2D eigenvalue weighted by Gasteiger charge is -2.07. The average molecular weight is 248 g/mol. The Hall–Kier alpha value is -1.93. The van der Waals surface area contributed by atoms with Gasteiger partial charge >= 0.3 is 0 Å². The van der Waals surface area contributed by atoms with Gasteiger partial charge in [0.2, 0.25) is 0 Å². The van der Waals surface area contributed by atoms with E-state index in [1.807, 2.05) is 24.5 Å². The number of nitrogens with zero attached hydrogens (tertiary/aromatic N) is 5. The Balaban J connectivity index is 2.65. The van der Waals surface area contributed by atoms with Crippen LogP contribution < -0.4 is 0 Å². The summed E-state index contributed by atoms with van der Waals surface area (Å²) in [5.74, 6) is 0.409. The molecule has 0 atom stereocenters. The summed E-state index contributed by atoms with van der Waals surface area (Å²) in [5.41, 5.74) is 1.26. The van der Waals surface area contributed by atoms with Crippen molar-refractivity contribution in [1.82, 2.24) is 19.5 Å². The van der Waals surface area contributed by atoms with Gasteiger partial charge in [0.25, 0.3) is 0 Å². The normalized spacial score (nSPS) is 11.5. The molecule has 0 aliphatic rings. The van der Waals surface area contributed by atoms with E-state index >= 15 is 0 Å². The first-order chi connectivity index (χ1) is 8.13. The SMILES string of the molecule is CC(C)n1cnc2c(Cl)nc(/C=C/C#N)nc21. The molecule has 0 aromatic carbocycles. The highest BCUT2D eigenvalue weighted by molar-refractivity contribution is 6.33. The highest BCUT2D eigenvalue weighted by Gasteiger charge is 2.12. The Labute approximate surface area is 103 Å². The summed E-state index contributed by atoms with van der Waals surface area (Å²) < 4.78 is 1.91. The largest absolute Gasteiger partial charge is 0.313 e. The minimum Gasteiger partial charge on any atom is -0.313 e. The molecule has 0 saturated heterocycles. The molecule has 0 unspecified atom stereocenters. The van der Waals surface area contributed by atoms with Gasteiger partial charge in [-0.1, -0.05) is 11.6 Å². The van der Waals surface area contributed by atoms with Crippen molar-refractivity contribution in [2.24, 2.45) is 0 Å². The summed E-state index contributed by atoms with van der Waals surface area (Å²) in [6.45, 7) is 4.06. The van der Waals surface area contributed by atoms with Gasteiger partial charge in [-0.2, -0.15) is 5.26 Å². The maximum atomic E-state index is 8.47. The predicted molar refractivity (Wildman–Crippen MR) is 65.4 cm³/mol. The molecular formula is C11H10ClN5.